The number of carbonyl (C=O) groups excluding carboxylic acids is 1. The molecule has 1 heterocycles. The molecular weight excluding hydrogens is 490 g/mol. The molecule has 4 rings (SSSR count). The van der Waals surface area contributed by atoms with Crippen molar-refractivity contribution in [2.75, 3.05) is 54.8 Å². The molecule has 2 aliphatic carbocycles. The molecule has 35 heavy (non-hydrogen) atoms. The maximum absolute atomic E-state index is 13.5. The van der Waals surface area contributed by atoms with Gasteiger partial charge in [0.15, 0.2) is 0 Å². The van der Waals surface area contributed by atoms with E-state index in [2.05, 4.69) is 4.72 Å². The second-order valence-electron chi connectivity index (χ2n) is 10.4. The number of morpholine rings is 1. The number of sulfonamides is 2. The van der Waals surface area contributed by atoms with Crippen molar-refractivity contribution in [3.05, 3.63) is 18.2 Å². The van der Waals surface area contributed by atoms with E-state index in [0.29, 0.717) is 44.8 Å². The number of ether oxygens (including phenoxy) is 1. The van der Waals surface area contributed by atoms with E-state index in [0.717, 1.165) is 6.42 Å². The Morgan fingerprint density at radius 1 is 1.11 bits per heavy atom. The molecule has 3 fully saturated rings. The molecule has 11 heteroatoms. The zero-order chi connectivity index (χ0) is 25.6. The molecule has 1 aliphatic heterocycles. The number of rotatable bonds is 9. The van der Waals surface area contributed by atoms with E-state index in [1.54, 1.807) is 6.07 Å². The number of nitrogens with one attached hydrogen (secondary N) is 1. The number of ketones is 1. The Bertz CT molecular complexity index is 1190. The van der Waals surface area contributed by atoms with Crippen LogP contribution in [0.1, 0.15) is 47.0 Å². The first-order valence-electron chi connectivity index (χ1n) is 12.4. The van der Waals surface area contributed by atoms with Crippen molar-refractivity contribution in [3.63, 3.8) is 0 Å². The monoisotopic (exact) mass is 527 g/mol. The molecular formula is C24H37N3O6S2. The molecule has 2 unspecified atom stereocenters. The fourth-order valence-electron chi connectivity index (χ4n) is 6.17. The summed E-state index contributed by atoms with van der Waals surface area (Å²) in [5, 5.41) is 0. The van der Waals surface area contributed by atoms with Gasteiger partial charge in [-0.15, -0.1) is 0 Å². The Labute approximate surface area is 209 Å². The largest absolute Gasteiger partial charge is 0.379 e. The summed E-state index contributed by atoms with van der Waals surface area (Å²) in [4.78, 5) is 14.9. The van der Waals surface area contributed by atoms with Gasteiger partial charge in [0.05, 0.1) is 40.7 Å². The average molecular weight is 528 g/mol. The Balaban J connectivity index is 1.70. The van der Waals surface area contributed by atoms with Gasteiger partial charge in [-0.25, -0.2) is 16.8 Å². The van der Waals surface area contributed by atoms with Crippen LogP contribution in [0.15, 0.2) is 23.1 Å². The first-order chi connectivity index (χ1) is 16.4. The van der Waals surface area contributed by atoms with Gasteiger partial charge in [0.1, 0.15) is 5.78 Å². The number of Topliss-reactive ketones (excluding diaryl/α,β-unsaturated/α-hetero) is 1. The zero-order valence-corrected chi connectivity index (χ0v) is 22.7. The van der Waals surface area contributed by atoms with Crippen LogP contribution in [-0.4, -0.2) is 72.1 Å². The molecule has 1 aromatic rings. The van der Waals surface area contributed by atoms with E-state index >= 15 is 0 Å². The molecule has 1 N–H and O–H groups in total. The number of anilines is 2. The molecule has 1 saturated heterocycles. The molecule has 0 amide bonds. The lowest BCUT2D eigenvalue weighted by Crippen LogP contribution is -2.43. The molecule has 3 aliphatic rings. The van der Waals surface area contributed by atoms with E-state index in [1.807, 2.05) is 32.6 Å². The Morgan fingerprint density at radius 2 is 1.77 bits per heavy atom. The molecule has 196 valence electrons. The number of carbonyl (C=O) groups is 1. The normalized spacial score (nSPS) is 26.7. The maximum Gasteiger partial charge on any atom is 0.243 e. The number of nitrogens with zero attached hydrogens (tertiary/aromatic N) is 2. The van der Waals surface area contributed by atoms with Gasteiger partial charge in [-0.1, -0.05) is 13.8 Å². The molecule has 2 bridgehead atoms. The van der Waals surface area contributed by atoms with Crippen molar-refractivity contribution in [2.24, 2.45) is 16.7 Å². The van der Waals surface area contributed by atoms with Crippen LogP contribution >= 0.6 is 0 Å². The lowest BCUT2D eigenvalue weighted by Gasteiger charge is -2.36. The highest BCUT2D eigenvalue weighted by molar-refractivity contribution is 7.92. The van der Waals surface area contributed by atoms with Crippen molar-refractivity contribution in [2.45, 2.75) is 51.9 Å². The minimum Gasteiger partial charge on any atom is -0.379 e. The highest BCUT2D eigenvalue weighted by atomic mass is 32.2. The third-order valence-corrected chi connectivity index (χ3v) is 11.8. The van der Waals surface area contributed by atoms with Crippen molar-refractivity contribution in [1.29, 1.82) is 0 Å². The van der Waals surface area contributed by atoms with Crippen LogP contribution in [-0.2, 0) is 29.6 Å². The summed E-state index contributed by atoms with van der Waals surface area (Å²) in [6, 6.07) is 4.60. The van der Waals surface area contributed by atoms with Crippen LogP contribution in [0.5, 0.6) is 0 Å². The summed E-state index contributed by atoms with van der Waals surface area (Å²) >= 11 is 0. The van der Waals surface area contributed by atoms with Crippen LogP contribution in [0.2, 0.25) is 0 Å². The smallest absolute Gasteiger partial charge is 0.243 e. The highest BCUT2D eigenvalue weighted by Gasteiger charge is 2.65. The summed E-state index contributed by atoms with van der Waals surface area (Å²) < 4.78 is 62.9. The minimum atomic E-state index is -3.95. The van der Waals surface area contributed by atoms with Crippen LogP contribution in [0.25, 0.3) is 0 Å². The Hall–Kier alpha value is -1.69. The fraction of sp³-hybridized carbons (Fsp3) is 0.708. The number of hydrogen-bond acceptors (Lipinski definition) is 7. The molecule has 0 spiro atoms. The van der Waals surface area contributed by atoms with Gasteiger partial charge in [-0.2, -0.15) is 4.31 Å². The van der Waals surface area contributed by atoms with Crippen molar-refractivity contribution in [1.82, 2.24) is 4.31 Å². The van der Waals surface area contributed by atoms with E-state index < -0.39 is 25.5 Å². The van der Waals surface area contributed by atoms with Crippen LogP contribution in [0.4, 0.5) is 11.4 Å². The fourth-order valence-corrected chi connectivity index (χ4v) is 9.50. The molecule has 9 nitrogen and oxygen atoms in total. The van der Waals surface area contributed by atoms with E-state index in [4.69, 9.17) is 4.74 Å². The molecule has 1 aromatic carbocycles. The Morgan fingerprint density at radius 3 is 2.31 bits per heavy atom. The zero-order valence-electron chi connectivity index (χ0n) is 21.0. The minimum absolute atomic E-state index is 0.0248. The molecule has 2 saturated carbocycles. The maximum atomic E-state index is 13.5. The third kappa shape index (κ3) is 4.49. The van der Waals surface area contributed by atoms with Crippen molar-refractivity contribution >= 4 is 37.2 Å². The average Bonchev–Trinajstić information content (AvgIpc) is 3.15. The summed E-state index contributed by atoms with van der Waals surface area (Å²) in [5.41, 5.74) is -0.464. The SMILES string of the molecule is CCN(CC)c1ccc(S(=O)(=O)N2CCOCC2)cc1NS(=O)(=O)CC12CCC(CC1=O)C2(C)C. The van der Waals surface area contributed by atoms with E-state index in [1.165, 1.54) is 16.4 Å². The van der Waals surface area contributed by atoms with Gasteiger partial charge in [-0.3, -0.25) is 9.52 Å². The highest BCUT2D eigenvalue weighted by Crippen LogP contribution is 2.64. The molecule has 0 radical (unpaired) electrons. The van der Waals surface area contributed by atoms with Gasteiger partial charge in [0.2, 0.25) is 20.0 Å². The Kier molecular flexibility index (Phi) is 7.02. The predicted molar refractivity (Wildman–Crippen MR) is 136 cm³/mol. The van der Waals surface area contributed by atoms with Gasteiger partial charge >= 0.3 is 0 Å². The number of benzene rings is 1. The van der Waals surface area contributed by atoms with Gasteiger partial charge < -0.3 is 9.64 Å². The van der Waals surface area contributed by atoms with Gasteiger partial charge in [-0.05, 0) is 56.2 Å². The van der Waals surface area contributed by atoms with Crippen molar-refractivity contribution < 1.29 is 26.4 Å². The van der Waals surface area contributed by atoms with Crippen LogP contribution in [0, 0.1) is 16.7 Å². The number of hydrogen-bond donors (Lipinski definition) is 1. The summed E-state index contributed by atoms with van der Waals surface area (Å²) in [7, 11) is -7.76. The summed E-state index contributed by atoms with van der Waals surface area (Å²) in [5.74, 6) is -0.0596. The van der Waals surface area contributed by atoms with Crippen molar-refractivity contribution in [3.8, 4) is 0 Å². The first-order valence-corrected chi connectivity index (χ1v) is 15.5. The third-order valence-electron chi connectivity index (χ3n) is 8.52. The van der Waals surface area contributed by atoms with Gasteiger partial charge in [0.25, 0.3) is 0 Å². The van der Waals surface area contributed by atoms with Crippen LogP contribution < -0.4 is 9.62 Å². The van der Waals surface area contributed by atoms with E-state index in [-0.39, 0.29) is 46.5 Å². The van der Waals surface area contributed by atoms with Gasteiger partial charge in [0, 0.05) is 32.6 Å². The quantitative estimate of drug-likeness (QED) is 0.525. The number of fused-ring (bicyclic) bond motifs is 2. The topological polar surface area (TPSA) is 113 Å². The first kappa shape index (κ1) is 26.4. The lowest BCUT2D eigenvalue weighted by molar-refractivity contribution is -0.128. The molecule has 2 atom stereocenters. The summed E-state index contributed by atoms with van der Waals surface area (Å²) in [6.45, 7) is 10.3. The van der Waals surface area contributed by atoms with E-state index in [9.17, 15) is 21.6 Å². The van der Waals surface area contributed by atoms with Crippen LogP contribution in [0.3, 0.4) is 0 Å². The summed E-state index contributed by atoms with van der Waals surface area (Å²) in [6.07, 6.45) is 1.85. The molecule has 0 aromatic heterocycles. The second kappa shape index (κ2) is 9.32. The predicted octanol–water partition coefficient (Wildman–Crippen LogP) is 2.69. The standard InChI is InChI=1S/C24H37N3O6S2/c1-5-26(6-2)21-8-7-19(35(31,32)27-11-13-33-14-12-27)16-20(21)25-34(29,30)17-24-10-9-18(15-22(24)28)23(24,3)4/h7-8,16,18,25H,5-6,9-15,17H2,1-4H3. The lowest BCUT2D eigenvalue weighted by atomic mass is 9.70. The second-order valence-corrected chi connectivity index (χ2v) is 14.1.